The number of piperidine rings is 1. The van der Waals surface area contributed by atoms with Crippen LogP contribution in [0.15, 0.2) is 10.5 Å². The maximum atomic E-state index is 5.74. The molecule has 0 unspecified atom stereocenters. The van der Waals surface area contributed by atoms with Gasteiger partial charge in [-0.15, -0.1) is 0 Å². The molecule has 2 rings (SSSR count). The van der Waals surface area contributed by atoms with E-state index in [1.165, 1.54) is 5.56 Å². The van der Waals surface area contributed by atoms with Crippen molar-refractivity contribution in [3.8, 4) is 0 Å². The molecule has 0 atom stereocenters. The largest absolute Gasteiger partial charge is 0.465 e. The Kier molecular flexibility index (Phi) is 5.43. The lowest BCUT2D eigenvalue weighted by Gasteiger charge is -2.31. The van der Waals surface area contributed by atoms with Crippen molar-refractivity contribution in [2.24, 2.45) is 0 Å². The number of hydrogen-bond acceptors (Lipinski definition) is 4. The van der Waals surface area contributed by atoms with Crippen molar-refractivity contribution >= 4 is 0 Å². The van der Waals surface area contributed by atoms with E-state index in [0.29, 0.717) is 6.10 Å². The third kappa shape index (κ3) is 4.06. The van der Waals surface area contributed by atoms with E-state index < -0.39 is 0 Å². The monoisotopic (exact) mass is 266 g/mol. The average Bonchev–Trinajstić information content (AvgIpc) is 2.73. The van der Waals surface area contributed by atoms with Gasteiger partial charge in [0.05, 0.1) is 12.6 Å². The van der Waals surface area contributed by atoms with Crippen LogP contribution in [0.3, 0.4) is 0 Å². The molecule has 0 aromatic carbocycles. The van der Waals surface area contributed by atoms with E-state index in [0.717, 1.165) is 57.1 Å². The van der Waals surface area contributed by atoms with Crippen LogP contribution in [-0.2, 0) is 17.8 Å². The van der Waals surface area contributed by atoms with Crippen LogP contribution < -0.4 is 5.32 Å². The van der Waals surface area contributed by atoms with E-state index in [9.17, 15) is 0 Å². The molecule has 0 bridgehead atoms. The first-order valence-electron chi connectivity index (χ1n) is 7.29. The zero-order chi connectivity index (χ0) is 13.7. The molecular formula is C15H26N2O2. The number of nitrogens with zero attached hydrogens (tertiary/aromatic N) is 1. The van der Waals surface area contributed by atoms with Crippen LogP contribution in [0.2, 0.25) is 0 Å². The van der Waals surface area contributed by atoms with Gasteiger partial charge in [0, 0.05) is 31.8 Å². The molecule has 1 aliphatic heterocycles. The zero-order valence-corrected chi connectivity index (χ0v) is 12.4. The van der Waals surface area contributed by atoms with Crippen molar-refractivity contribution < 1.29 is 9.15 Å². The van der Waals surface area contributed by atoms with Crippen molar-refractivity contribution in [1.82, 2.24) is 10.2 Å². The molecule has 1 aliphatic rings. The second-order valence-corrected chi connectivity index (χ2v) is 5.26. The quantitative estimate of drug-likeness (QED) is 0.857. The Bertz CT molecular complexity index is 381. The van der Waals surface area contributed by atoms with Gasteiger partial charge < -0.3 is 14.5 Å². The molecule has 4 nitrogen and oxygen atoms in total. The Morgan fingerprint density at radius 1 is 1.42 bits per heavy atom. The molecule has 1 aromatic rings. The SMILES string of the molecule is CCOC1CCN(Cc2cc(CNC)oc2C)CC1. The van der Waals surface area contributed by atoms with E-state index >= 15 is 0 Å². The predicted octanol–water partition coefficient (Wildman–Crippen LogP) is 2.31. The first kappa shape index (κ1) is 14.6. The second-order valence-electron chi connectivity index (χ2n) is 5.26. The van der Waals surface area contributed by atoms with Crippen LogP contribution in [0.25, 0.3) is 0 Å². The molecule has 1 N–H and O–H groups in total. The topological polar surface area (TPSA) is 37.6 Å². The molecule has 0 radical (unpaired) electrons. The Hall–Kier alpha value is -0.840. The molecule has 108 valence electrons. The van der Waals surface area contributed by atoms with Crippen molar-refractivity contribution in [3.05, 3.63) is 23.2 Å². The Morgan fingerprint density at radius 2 is 2.16 bits per heavy atom. The minimum atomic E-state index is 0.464. The van der Waals surface area contributed by atoms with E-state index in [1.54, 1.807) is 0 Å². The Labute approximate surface area is 116 Å². The number of aryl methyl sites for hydroxylation is 1. The van der Waals surface area contributed by atoms with Gasteiger partial charge in [-0.25, -0.2) is 0 Å². The smallest absolute Gasteiger partial charge is 0.118 e. The molecule has 19 heavy (non-hydrogen) atoms. The lowest BCUT2D eigenvalue weighted by molar-refractivity contribution is 0.0124. The highest BCUT2D eigenvalue weighted by Crippen LogP contribution is 2.20. The van der Waals surface area contributed by atoms with Gasteiger partial charge >= 0.3 is 0 Å². The van der Waals surface area contributed by atoms with E-state index in [-0.39, 0.29) is 0 Å². The number of nitrogens with one attached hydrogen (secondary N) is 1. The van der Waals surface area contributed by atoms with Crippen LogP contribution in [0.4, 0.5) is 0 Å². The third-order valence-electron chi connectivity index (χ3n) is 3.75. The van der Waals surface area contributed by atoms with Crippen LogP contribution >= 0.6 is 0 Å². The second kappa shape index (κ2) is 7.08. The van der Waals surface area contributed by atoms with Gasteiger partial charge in [-0.3, -0.25) is 4.90 Å². The summed E-state index contributed by atoms with van der Waals surface area (Å²) in [5.74, 6) is 2.08. The summed E-state index contributed by atoms with van der Waals surface area (Å²) < 4.78 is 11.4. The fraction of sp³-hybridized carbons (Fsp3) is 0.733. The molecule has 2 heterocycles. The van der Waals surface area contributed by atoms with Gasteiger partial charge in [0.1, 0.15) is 11.5 Å². The molecular weight excluding hydrogens is 240 g/mol. The summed E-state index contributed by atoms with van der Waals surface area (Å²) in [6.45, 7) is 9.00. The summed E-state index contributed by atoms with van der Waals surface area (Å²) in [6, 6.07) is 2.18. The van der Waals surface area contributed by atoms with Gasteiger partial charge in [-0.2, -0.15) is 0 Å². The lowest BCUT2D eigenvalue weighted by Crippen LogP contribution is -2.36. The summed E-state index contributed by atoms with van der Waals surface area (Å²) in [4.78, 5) is 2.50. The first-order chi connectivity index (χ1) is 9.22. The minimum absolute atomic E-state index is 0.464. The van der Waals surface area contributed by atoms with Crippen LogP contribution in [0.5, 0.6) is 0 Å². The predicted molar refractivity (Wildman–Crippen MR) is 76.1 cm³/mol. The van der Waals surface area contributed by atoms with E-state index in [1.807, 2.05) is 7.05 Å². The number of likely N-dealkylation sites (tertiary alicyclic amines) is 1. The van der Waals surface area contributed by atoms with Gasteiger partial charge in [-0.1, -0.05) is 0 Å². The van der Waals surface area contributed by atoms with Gasteiger partial charge in [0.25, 0.3) is 0 Å². The molecule has 4 heteroatoms. The van der Waals surface area contributed by atoms with Gasteiger partial charge in [-0.05, 0) is 39.8 Å². The van der Waals surface area contributed by atoms with Gasteiger partial charge in [0.2, 0.25) is 0 Å². The molecule has 0 amide bonds. The molecule has 0 saturated carbocycles. The summed E-state index contributed by atoms with van der Waals surface area (Å²) >= 11 is 0. The average molecular weight is 266 g/mol. The normalized spacial score (nSPS) is 18.1. The van der Waals surface area contributed by atoms with Crippen molar-refractivity contribution in [2.45, 2.75) is 45.9 Å². The zero-order valence-electron chi connectivity index (χ0n) is 12.4. The van der Waals surface area contributed by atoms with Crippen molar-refractivity contribution in [2.75, 3.05) is 26.7 Å². The number of rotatable bonds is 6. The fourth-order valence-electron chi connectivity index (χ4n) is 2.72. The number of hydrogen-bond donors (Lipinski definition) is 1. The highest BCUT2D eigenvalue weighted by molar-refractivity contribution is 5.20. The van der Waals surface area contributed by atoms with Crippen LogP contribution in [0, 0.1) is 6.92 Å². The third-order valence-corrected chi connectivity index (χ3v) is 3.75. The van der Waals surface area contributed by atoms with E-state index in [4.69, 9.17) is 9.15 Å². The fourth-order valence-corrected chi connectivity index (χ4v) is 2.72. The summed E-state index contributed by atoms with van der Waals surface area (Å²) in [7, 11) is 1.94. The maximum Gasteiger partial charge on any atom is 0.118 e. The summed E-state index contributed by atoms with van der Waals surface area (Å²) in [6.07, 6.45) is 2.76. The lowest BCUT2D eigenvalue weighted by atomic mass is 10.1. The van der Waals surface area contributed by atoms with Crippen LogP contribution in [-0.4, -0.2) is 37.7 Å². The Morgan fingerprint density at radius 3 is 2.79 bits per heavy atom. The Balaban J connectivity index is 1.85. The minimum Gasteiger partial charge on any atom is -0.465 e. The number of furan rings is 1. The molecule has 0 spiro atoms. The molecule has 1 aromatic heterocycles. The summed E-state index contributed by atoms with van der Waals surface area (Å²) in [5, 5.41) is 3.12. The standard InChI is InChI=1S/C15H26N2O2/c1-4-18-14-5-7-17(8-6-14)11-13-9-15(10-16-3)19-12(13)2/h9,14,16H,4-8,10-11H2,1-3H3. The molecule has 1 fully saturated rings. The highest BCUT2D eigenvalue weighted by atomic mass is 16.5. The first-order valence-corrected chi connectivity index (χ1v) is 7.29. The van der Waals surface area contributed by atoms with Crippen molar-refractivity contribution in [1.29, 1.82) is 0 Å². The van der Waals surface area contributed by atoms with E-state index in [2.05, 4.69) is 30.1 Å². The highest BCUT2D eigenvalue weighted by Gasteiger charge is 2.20. The molecule has 1 saturated heterocycles. The maximum absolute atomic E-state index is 5.74. The van der Waals surface area contributed by atoms with Crippen molar-refractivity contribution in [3.63, 3.8) is 0 Å². The summed E-state index contributed by atoms with van der Waals surface area (Å²) in [5.41, 5.74) is 1.32. The van der Waals surface area contributed by atoms with Crippen LogP contribution in [0.1, 0.15) is 36.8 Å². The molecule has 0 aliphatic carbocycles. The number of ether oxygens (including phenoxy) is 1. The van der Waals surface area contributed by atoms with Gasteiger partial charge in [0.15, 0.2) is 0 Å².